The maximum absolute atomic E-state index is 11.8. The third-order valence-electron chi connectivity index (χ3n) is 3.01. The van der Waals surface area contributed by atoms with Crippen LogP contribution in [0.1, 0.15) is 26.2 Å². The predicted octanol–water partition coefficient (Wildman–Crippen LogP) is 2.36. The second-order valence-corrected chi connectivity index (χ2v) is 5.37. The minimum Gasteiger partial charge on any atom is -0.437 e. The molecule has 5 heteroatoms. The van der Waals surface area contributed by atoms with Crippen molar-refractivity contribution in [3.8, 4) is 0 Å². The summed E-state index contributed by atoms with van der Waals surface area (Å²) in [6.07, 6.45) is 3.63. The van der Waals surface area contributed by atoms with Gasteiger partial charge in [0.15, 0.2) is 5.58 Å². The molecule has 0 spiro atoms. The van der Waals surface area contributed by atoms with E-state index in [1.807, 2.05) is 38.1 Å². The van der Waals surface area contributed by atoms with Crippen LogP contribution in [0.25, 0.3) is 17.2 Å². The maximum Gasteiger partial charge on any atom is 0.244 e. The van der Waals surface area contributed by atoms with E-state index in [2.05, 4.69) is 10.3 Å². The third-order valence-corrected chi connectivity index (χ3v) is 3.01. The average molecular weight is 288 g/mol. The average Bonchev–Trinajstić information content (AvgIpc) is 2.86. The first kappa shape index (κ1) is 15.3. The van der Waals surface area contributed by atoms with Gasteiger partial charge in [-0.1, -0.05) is 26.0 Å². The summed E-state index contributed by atoms with van der Waals surface area (Å²) in [5.74, 6) is 0.524. The Labute approximate surface area is 123 Å². The number of nitrogens with one attached hydrogen (secondary N) is 1. The van der Waals surface area contributed by atoms with Crippen LogP contribution < -0.4 is 5.32 Å². The molecule has 2 rings (SSSR count). The van der Waals surface area contributed by atoms with Crippen molar-refractivity contribution in [3.05, 3.63) is 36.2 Å². The number of amides is 1. The van der Waals surface area contributed by atoms with Crippen molar-refractivity contribution in [2.75, 3.05) is 6.61 Å². The largest absolute Gasteiger partial charge is 0.437 e. The molecule has 1 atom stereocenters. The van der Waals surface area contributed by atoms with Crippen molar-refractivity contribution in [3.63, 3.8) is 0 Å². The normalized spacial score (nSPS) is 13.1. The van der Waals surface area contributed by atoms with E-state index in [-0.39, 0.29) is 18.6 Å². The van der Waals surface area contributed by atoms with Gasteiger partial charge in [0.2, 0.25) is 11.8 Å². The molecule has 5 nitrogen and oxygen atoms in total. The molecule has 21 heavy (non-hydrogen) atoms. The molecule has 0 saturated heterocycles. The van der Waals surface area contributed by atoms with Gasteiger partial charge in [0.05, 0.1) is 12.6 Å². The third kappa shape index (κ3) is 4.43. The Morgan fingerprint density at radius 1 is 1.43 bits per heavy atom. The van der Waals surface area contributed by atoms with Crippen molar-refractivity contribution in [1.82, 2.24) is 10.3 Å². The van der Waals surface area contributed by atoms with E-state index < -0.39 is 0 Å². The second-order valence-electron chi connectivity index (χ2n) is 5.37. The SMILES string of the molecule is CC(C)CC(CO)NC(=O)/C=C/c1nc2ccccc2o1. The van der Waals surface area contributed by atoms with E-state index in [0.29, 0.717) is 17.4 Å². The highest BCUT2D eigenvalue weighted by Crippen LogP contribution is 2.15. The molecule has 0 saturated carbocycles. The van der Waals surface area contributed by atoms with Crippen molar-refractivity contribution in [1.29, 1.82) is 0 Å². The molecule has 0 aliphatic carbocycles. The van der Waals surface area contributed by atoms with Crippen LogP contribution in [0.5, 0.6) is 0 Å². The molecule has 0 fully saturated rings. The van der Waals surface area contributed by atoms with Gasteiger partial charge < -0.3 is 14.8 Å². The summed E-state index contributed by atoms with van der Waals surface area (Å²) in [6, 6.07) is 7.19. The Bertz CT molecular complexity index is 598. The Morgan fingerprint density at radius 3 is 2.86 bits per heavy atom. The number of carbonyl (C=O) groups excluding carboxylic acids is 1. The first-order valence-corrected chi connectivity index (χ1v) is 7.03. The van der Waals surface area contributed by atoms with Gasteiger partial charge in [-0.2, -0.15) is 0 Å². The molecule has 1 unspecified atom stereocenters. The second kappa shape index (κ2) is 7.04. The quantitative estimate of drug-likeness (QED) is 0.800. The van der Waals surface area contributed by atoms with Crippen LogP contribution in [-0.2, 0) is 4.79 Å². The Kier molecular flexibility index (Phi) is 5.11. The van der Waals surface area contributed by atoms with Gasteiger partial charge in [-0.3, -0.25) is 4.79 Å². The molecule has 1 aromatic heterocycles. The number of para-hydroxylation sites is 2. The van der Waals surface area contributed by atoms with E-state index in [1.54, 1.807) is 0 Å². The Hall–Kier alpha value is -2.14. The van der Waals surface area contributed by atoms with Gasteiger partial charge in [-0.05, 0) is 24.5 Å². The summed E-state index contributed by atoms with van der Waals surface area (Å²) >= 11 is 0. The summed E-state index contributed by atoms with van der Waals surface area (Å²) in [7, 11) is 0. The molecule has 112 valence electrons. The first-order chi connectivity index (χ1) is 10.1. The van der Waals surface area contributed by atoms with E-state index >= 15 is 0 Å². The highest BCUT2D eigenvalue weighted by molar-refractivity contribution is 5.91. The van der Waals surface area contributed by atoms with Crippen molar-refractivity contribution >= 4 is 23.1 Å². The zero-order valence-corrected chi connectivity index (χ0v) is 12.2. The number of nitrogens with zero attached hydrogens (tertiary/aromatic N) is 1. The van der Waals surface area contributed by atoms with E-state index in [4.69, 9.17) is 4.42 Å². The summed E-state index contributed by atoms with van der Waals surface area (Å²) in [6.45, 7) is 4.02. The number of carbonyl (C=O) groups is 1. The van der Waals surface area contributed by atoms with Crippen LogP contribution in [0.4, 0.5) is 0 Å². The number of benzene rings is 1. The van der Waals surface area contributed by atoms with Gasteiger partial charge in [0, 0.05) is 12.2 Å². The summed E-state index contributed by atoms with van der Waals surface area (Å²) in [5, 5.41) is 12.0. The fourth-order valence-electron chi connectivity index (χ4n) is 2.11. The number of rotatable bonds is 6. The fourth-order valence-corrected chi connectivity index (χ4v) is 2.11. The van der Waals surface area contributed by atoms with E-state index in [1.165, 1.54) is 12.2 Å². The van der Waals surface area contributed by atoms with Crippen LogP contribution in [0, 0.1) is 5.92 Å². The van der Waals surface area contributed by atoms with Crippen LogP contribution in [0.3, 0.4) is 0 Å². The molecule has 0 radical (unpaired) electrons. The molecule has 1 aromatic carbocycles. The lowest BCUT2D eigenvalue weighted by Crippen LogP contribution is -2.37. The molecule has 0 aliphatic rings. The smallest absolute Gasteiger partial charge is 0.244 e. The molecule has 2 aromatic rings. The first-order valence-electron chi connectivity index (χ1n) is 7.03. The molecule has 1 amide bonds. The molecule has 0 bridgehead atoms. The number of aliphatic hydroxyl groups is 1. The topological polar surface area (TPSA) is 75.4 Å². The van der Waals surface area contributed by atoms with Crippen LogP contribution in [-0.4, -0.2) is 28.6 Å². The van der Waals surface area contributed by atoms with Crippen molar-refractivity contribution in [2.24, 2.45) is 5.92 Å². The maximum atomic E-state index is 11.8. The lowest BCUT2D eigenvalue weighted by molar-refractivity contribution is -0.117. The summed E-state index contributed by atoms with van der Waals surface area (Å²) in [4.78, 5) is 16.1. The number of aromatic nitrogens is 1. The molecule has 2 N–H and O–H groups in total. The summed E-state index contributed by atoms with van der Waals surface area (Å²) < 4.78 is 5.49. The van der Waals surface area contributed by atoms with E-state index in [9.17, 15) is 9.90 Å². The predicted molar refractivity (Wildman–Crippen MR) is 81.5 cm³/mol. The number of fused-ring (bicyclic) bond motifs is 1. The van der Waals surface area contributed by atoms with Gasteiger partial charge in [-0.15, -0.1) is 0 Å². The highest BCUT2D eigenvalue weighted by atomic mass is 16.3. The molecule has 1 heterocycles. The zero-order chi connectivity index (χ0) is 15.2. The zero-order valence-electron chi connectivity index (χ0n) is 12.2. The molecular weight excluding hydrogens is 268 g/mol. The highest BCUT2D eigenvalue weighted by Gasteiger charge is 2.11. The Morgan fingerprint density at radius 2 is 2.19 bits per heavy atom. The lowest BCUT2D eigenvalue weighted by Gasteiger charge is -2.16. The van der Waals surface area contributed by atoms with Crippen molar-refractivity contribution < 1.29 is 14.3 Å². The summed E-state index contributed by atoms with van der Waals surface area (Å²) in [5.41, 5.74) is 1.44. The van der Waals surface area contributed by atoms with Gasteiger partial charge in [0.25, 0.3) is 0 Å². The van der Waals surface area contributed by atoms with Gasteiger partial charge in [0.1, 0.15) is 5.52 Å². The number of hydrogen-bond donors (Lipinski definition) is 2. The lowest BCUT2D eigenvalue weighted by atomic mass is 10.0. The molecular formula is C16H20N2O3. The molecule has 0 aliphatic heterocycles. The van der Waals surface area contributed by atoms with Gasteiger partial charge >= 0.3 is 0 Å². The standard InChI is InChI=1S/C16H20N2O3/c1-11(2)9-12(10-19)17-15(20)7-8-16-18-13-5-3-4-6-14(13)21-16/h3-8,11-12,19H,9-10H2,1-2H3,(H,17,20)/b8-7+. The monoisotopic (exact) mass is 288 g/mol. The minimum absolute atomic E-state index is 0.0688. The number of hydrogen-bond acceptors (Lipinski definition) is 4. The van der Waals surface area contributed by atoms with Crippen LogP contribution in [0.2, 0.25) is 0 Å². The van der Waals surface area contributed by atoms with Crippen molar-refractivity contribution in [2.45, 2.75) is 26.3 Å². The Balaban J connectivity index is 1.97. The number of oxazole rings is 1. The van der Waals surface area contributed by atoms with Crippen LogP contribution >= 0.6 is 0 Å². The minimum atomic E-state index is -0.267. The van der Waals surface area contributed by atoms with E-state index in [0.717, 1.165) is 11.9 Å². The van der Waals surface area contributed by atoms with Crippen LogP contribution in [0.15, 0.2) is 34.8 Å². The number of aliphatic hydroxyl groups excluding tert-OH is 1. The fraction of sp³-hybridized carbons (Fsp3) is 0.375. The van der Waals surface area contributed by atoms with Gasteiger partial charge in [-0.25, -0.2) is 4.98 Å².